The van der Waals surface area contributed by atoms with Crippen molar-refractivity contribution in [2.75, 3.05) is 18.0 Å². The second kappa shape index (κ2) is 4.38. The molecular weight excluding hydrogens is 190 g/mol. The third-order valence-corrected chi connectivity index (χ3v) is 2.98. The average molecular weight is 205 g/mol. The van der Waals surface area contributed by atoms with Crippen molar-refractivity contribution in [1.82, 2.24) is 9.97 Å². The van der Waals surface area contributed by atoms with Crippen molar-refractivity contribution < 1.29 is 4.79 Å². The Bertz CT molecular complexity index is 328. The summed E-state index contributed by atoms with van der Waals surface area (Å²) in [6.45, 7) is 3.85. The Labute approximate surface area is 89.3 Å². The lowest BCUT2D eigenvalue weighted by Gasteiger charge is -2.34. The molecule has 1 aromatic rings. The highest BCUT2D eigenvalue weighted by atomic mass is 16.1. The summed E-state index contributed by atoms with van der Waals surface area (Å²) in [5.41, 5.74) is 0. The molecule has 0 N–H and O–H groups in total. The first-order chi connectivity index (χ1) is 7.31. The Morgan fingerprint density at radius 3 is 2.80 bits per heavy atom. The topological polar surface area (TPSA) is 46.1 Å². The number of aldehydes is 1. The van der Waals surface area contributed by atoms with Gasteiger partial charge in [0.2, 0.25) is 5.95 Å². The van der Waals surface area contributed by atoms with E-state index in [1.165, 1.54) is 0 Å². The second-order valence-electron chi connectivity index (χ2n) is 4.06. The molecule has 2 atom stereocenters. The first kappa shape index (κ1) is 10.1. The molecule has 0 bridgehead atoms. The van der Waals surface area contributed by atoms with E-state index in [2.05, 4.69) is 21.8 Å². The van der Waals surface area contributed by atoms with E-state index in [4.69, 9.17) is 0 Å². The maximum absolute atomic E-state index is 10.8. The zero-order valence-corrected chi connectivity index (χ0v) is 8.84. The van der Waals surface area contributed by atoms with Crippen LogP contribution in [0.5, 0.6) is 0 Å². The Morgan fingerprint density at radius 2 is 2.20 bits per heavy atom. The molecule has 0 aromatic carbocycles. The van der Waals surface area contributed by atoms with Crippen molar-refractivity contribution in [2.24, 2.45) is 11.8 Å². The van der Waals surface area contributed by atoms with Crippen LogP contribution in [0.15, 0.2) is 18.5 Å². The lowest BCUT2D eigenvalue weighted by atomic mass is 9.88. The fourth-order valence-electron chi connectivity index (χ4n) is 2.00. The Balaban J connectivity index is 2.06. The van der Waals surface area contributed by atoms with Gasteiger partial charge in [-0.3, -0.25) is 0 Å². The van der Waals surface area contributed by atoms with Gasteiger partial charge in [-0.15, -0.1) is 0 Å². The van der Waals surface area contributed by atoms with Gasteiger partial charge in [0.15, 0.2) is 0 Å². The van der Waals surface area contributed by atoms with Crippen molar-refractivity contribution in [3.8, 4) is 0 Å². The minimum Gasteiger partial charge on any atom is -0.341 e. The van der Waals surface area contributed by atoms with Crippen LogP contribution in [0.25, 0.3) is 0 Å². The van der Waals surface area contributed by atoms with Gasteiger partial charge in [0, 0.05) is 31.4 Å². The molecule has 0 amide bonds. The Morgan fingerprint density at radius 1 is 1.47 bits per heavy atom. The summed E-state index contributed by atoms with van der Waals surface area (Å²) in [5.74, 6) is 1.36. The summed E-state index contributed by atoms with van der Waals surface area (Å²) >= 11 is 0. The predicted molar refractivity (Wildman–Crippen MR) is 57.6 cm³/mol. The molecule has 80 valence electrons. The molecule has 1 aromatic heterocycles. The number of piperidine rings is 1. The van der Waals surface area contributed by atoms with Crippen molar-refractivity contribution in [3.05, 3.63) is 18.5 Å². The molecule has 0 aliphatic carbocycles. The molecule has 2 rings (SSSR count). The van der Waals surface area contributed by atoms with E-state index in [1.54, 1.807) is 12.4 Å². The molecule has 4 heteroatoms. The largest absolute Gasteiger partial charge is 0.341 e. The fraction of sp³-hybridized carbons (Fsp3) is 0.545. The highest BCUT2D eigenvalue weighted by molar-refractivity contribution is 5.55. The third-order valence-electron chi connectivity index (χ3n) is 2.98. The van der Waals surface area contributed by atoms with Crippen LogP contribution in [0.4, 0.5) is 5.95 Å². The number of anilines is 1. The molecule has 1 fully saturated rings. The summed E-state index contributed by atoms with van der Waals surface area (Å²) in [7, 11) is 0. The Hall–Kier alpha value is -1.45. The van der Waals surface area contributed by atoms with Gasteiger partial charge in [0.1, 0.15) is 6.29 Å². The van der Waals surface area contributed by atoms with Crippen LogP contribution in [-0.2, 0) is 4.79 Å². The van der Waals surface area contributed by atoms with Gasteiger partial charge in [0.05, 0.1) is 0 Å². The lowest BCUT2D eigenvalue weighted by Crippen LogP contribution is -2.40. The van der Waals surface area contributed by atoms with E-state index in [9.17, 15) is 4.79 Å². The molecule has 2 heterocycles. The number of hydrogen-bond donors (Lipinski definition) is 0. The maximum atomic E-state index is 10.8. The minimum atomic E-state index is 0.199. The van der Waals surface area contributed by atoms with E-state index < -0.39 is 0 Å². The van der Waals surface area contributed by atoms with Crippen LogP contribution in [0.1, 0.15) is 13.3 Å². The quantitative estimate of drug-likeness (QED) is 0.679. The van der Waals surface area contributed by atoms with Crippen molar-refractivity contribution >= 4 is 12.2 Å². The first-order valence-electron chi connectivity index (χ1n) is 5.28. The van der Waals surface area contributed by atoms with Crippen LogP contribution >= 0.6 is 0 Å². The Kier molecular flexibility index (Phi) is 2.94. The van der Waals surface area contributed by atoms with E-state index in [-0.39, 0.29) is 5.92 Å². The predicted octanol–water partition coefficient (Wildman–Crippen LogP) is 1.14. The van der Waals surface area contributed by atoms with Crippen LogP contribution in [0, 0.1) is 11.8 Å². The first-order valence-corrected chi connectivity index (χ1v) is 5.28. The van der Waals surface area contributed by atoms with E-state index >= 15 is 0 Å². The SMILES string of the molecule is CC1CN(c2ncccn2)CCC1C=O. The fourth-order valence-corrected chi connectivity index (χ4v) is 2.00. The highest BCUT2D eigenvalue weighted by Crippen LogP contribution is 2.23. The standard InChI is InChI=1S/C11H15N3O/c1-9-7-14(6-3-10(9)8-15)11-12-4-2-5-13-11/h2,4-5,8-10H,3,6-7H2,1H3. The third kappa shape index (κ3) is 2.14. The maximum Gasteiger partial charge on any atom is 0.225 e. The summed E-state index contributed by atoms with van der Waals surface area (Å²) in [6, 6.07) is 1.81. The normalized spacial score (nSPS) is 26.3. The van der Waals surface area contributed by atoms with Gasteiger partial charge in [-0.1, -0.05) is 6.92 Å². The lowest BCUT2D eigenvalue weighted by molar-refractivity contribution is -0.112. The van der Waals surface area contributed by atoms with Gasteiger partial charge in [-0.2, -0.15) is 0 Å². The van der Waals surface area contributed by atoms with Crippen LogP contribution in [0.2, 0.25) is 0 Å². The van der Waals surface area contributed by atoms with Crippen LogP contribution in [0.3, 0.4) is 0 Å². The number of rotatable bonds is 2. The number of nitrogens with zero attached hydrogens (tertiary/aromatic N) is 3. The summed E-state index contributed by atoms with van der Waals surface area (Å²) in [5, 5.41) is 0. The molecule has 0 saturated carbocycles. The van der Waals surface area contributed by atoms with Crippen LogP contribution in [-0.4, -0.2) is 29.3 Å². The molecule has 15 heavy (non-hydrogen) atoms. The number of carbonyl (C=O) groups excluding carboxylic acids is 1. The van der Waals surface area contributed by atoms with Gasteiger partial charge < -0.3 is 9.69 Å². The average Bonchev–Trinajstić information content (AvgIpc) is 2.30. The molecule has 1 saturated heterocycles. The number of aromatic nitrogens is 2. The molecule has 0 spiro atoms. The smallest absolute Gasteiger partial charge is 0.225 e. The zero-order chi connectivity index (χ0) is 10.7. The zero-order valence-electron chi connectivity index (χ0n) is 8.84. The monoisotopic (exact) mass is 205 g/mol. The van der Waals surface area contributed by atoms with E-state index in [0.29, 0.717) is 5.92 Å². The molecule has 4 nitrogen and oxygen atoms in total. The van der Waals surface area contributed by atoms with Gasteiger partial charge in [-0.05, 0) is 18.4 Å². The van der Waals surface area contributed by atoms with Crippen molar-refractivity contribution in [1.29, 1.82) is 0 Å². The molecule has 0 radical (unpaired) electrons. The van der Waals surface area contributed by atoms with Gasteiger partial charge in [0.25, 0.3) is 0 Å². The molecular formula is C11H15N3O. The van der Waals surface area contributed by atoms with Crippen molar-refractivity contribution in [3.63, 3.8) is 0 Å². The van der Waals surface area contributed by atoms with Crippen molar-refractivity contribution in [2.45, 2.75) is 13.3 Å². The van der Waals surface area contributed by atoms with Gasteiger partial charge in [-0.25, -0.2) is 9.97 Å². The number of carbonyl (C=O) groups is 1. The second-order valence-corrected chi connectivity index (χ2v) is 4.06. The number of hydrogen-bond acceptors (Lipinski definition) is 4. The summed E-state index contributed by atoms with van der Waals surface area (Å²) in [6.07, 6.45) is 5.48. The molecule has 1 aliphatic rings. The van der Waals surface area contributed by atoms with Gasteiger partial charge >= 0.3 is 0 Å². The summed E-state index contributed by atoms with van der Waals surface area (Å²) < 4.78 is 0. The van der Waals surface area contributed by atoms with E-state index in [0.717, 1.165) is 31.7 Å². The molecule has 1 aliphatic heterocycles. The van der Waals surface area contributed by atoms with Crippen LogP contribution < -0.4 is 4.90 Å². The van der Waals surface area contributed by atoms with E-state index in [1.807, 2.05) is 6.07 Å². The highest BCUT2D eigenvalue weighted by Gasteiger charge is 2.26. The molecule has 2 unspecified atom stereocenters. The summed E-state index contributed by atoms with van der Waals surface area (Å²) in [4.78, 5) is 21.3. The minimum absolute atomic E-state index is 0.199.